The number of hydrogen-bond donors (Lipinski definition) is 2. The Labute approximate surface area is 116 Å². The maximum Gasteiger partial charge on any atom is 0.232 e. The van der Waals surface area contributed by atoms with Gasteiger partial charge in [-0.05, 0) is 36.2 Å². The first-order valence-corrected chi connectivity index (χ1v) is 6.63. The van der Waals surface area contributed by atoms with Crippen molar-refractivity contribution >= 4 is 17.3 Å². The first-order valence-electron chi connectivity index (χ1n) is 6.63. The van der Waals surface area contributed by atoms with Crippen molar-refractivity contribution in [3.8, 4) is 0 Å². The first-order chi connectivity index (χ1) is 9.74. The van der Waals surface area contributed by atoms with Crippen molar-refractivity contribution < 1.29 is 9.18 Å². The van der Waals surface area contributed by atoms with Crippen LogP contribution in [0.1, 0.15) is 17.9 Å². The number of para-hydroxylation sites is 1. The van der Waals surface area contributed by atoms with E-state index in [-0.39, 0.29) is 17.6 Å². The second kappa shape index (κ2) is 5.33. The molecule has 1 heterocycles. The van der Waals surface area contributed by atoms with Crippen LogP contribution in [0.3, 0.4) is 0 Å². The summed E-state index contributed by atoms with van der Waals surface area (Å²) in [6.07, 6.45) is 0.734. The van der Waals surface area contributed by atoms with Crippen LogP contribution >= 0.6 is 0 Å². The summed E-state index contributed by atoms with van der Waals surface area (Å²) in [5.41, 5.74) is 2.48. The van der Waals surface area contributed by atoms with Gasteiger partial charge in [0.1, 0.15) is 5.82 Å². The summed E-state index contributed by atoms with van der Waals surface area (Å²) in [7, 11) is 0. The van der Waals surface area contributed by atoms with E-state index in [1.165, 1.54) is 12.1 Å². The SMILES string of the molecule is O=C(Nc1cccc(F)c1)C1CCNc2ccccc21. The molecule has 3 nitrogen and oxygen atoms in total. The molecule has 1 aliphatic rings. The lowest BCUT2D eigenvalue weighted by Gasteiger charge is -2.25. The Hall–Kier alpha value is -2.36. The third-order valence-electron chi connectivity index (χ3n) is 3.49. The number of hydrogen-bond acceptors (Lipinski definition) is 2. The summed E-state index contributed by atoms with van der Waals surface area (Å²) in [5.74, 6) is -0.645. The monoisotopic (exact) mass is 270 g/mol. The molecule has 0 bridgehead atoms. The molecule has 0 aliphatic carbocycles. The molecule has 1 atom stereocenters. The fourth-order valence-electron chi connectivity index (χ4n) is 2.54. The molecule has 2 aromatic carbocycles. The molecule has 0 aromatic heterocycles. The summed E-state index contributed by atoms with van der Waals surface area (Å²) in [5, 5.41) is 6.07. The van der Waals surface area contributed by atoms with Gasteiger partial charge in [-0.2, -0.15) is 0 Å². The molecule has 20 heavy (non-hydrogen) atoms. The molecule has 0 radical (unpaired) electrons. The molecule has 0 fully saturated rings. The van der Waals surface area contributed by atoms with Crippen LogP contribution in [0.2, 0.25) is 0 Å². The minimum absolute atomic E-state index is 0.0930. The minimum atomic E-state index is -0.353. The summed E-state index contributed by atoms with van der Waals surface area (Å²) in [6, 6.07) is 13.7. The van der Waals surface area contributed by atoms with Crippen molar-refractivity contribution in [2.75, 3.05) is 17.2 Å². The highest BCUT2D eigenvalue weighted by molar-refractivity contribution is 5.97. The summed E-state index contributed by atoms with van der Waals surface area (Å²) < 4.78 is 13.1. The summed E-state index contributed by atoms with van der Waals surface area (Å²) >= 11 is 0. The van der Waals surface area contributed by atoms with Crippen LogP contribution in [-0.4, -0.2) is 12.5 Å². The van der Waals surface area contributed by atoms with Crippen LogP contribution in [0.15, 0.2) is 48.5 Å². The maximum absolute atomic E-state index is 13.1. The van der Waals surface area contributed by atoms with Crippen LogP contribution in [-0.2, 0) is 4.79 Å². The van der Waals surface area contributed by atoms with E-state index in [2.05, 4.69) is 10.6 Å². The van der Waals surface area contributed by atoms with Crippen molar-refractivity contribution in [1.82, 2.24) is 0 Å². The van der Waals surface area contributed by atoms with Gasteiger partial charge in [0.15, 0.2) is 0 Å². The Balaban J connectivity index is 1.82. The lowest BCUT2D eigenvalue weighted by Crippen LogP contribution is -2.27. The Morgan fingerprint density at radius 3 is 2.90 bits per heavy atom. The first kappa shape index (κ1) is 12.7. The maximum atomic E-state index is 13.1. The normalized spacial score (nSPS) is 16.9. The standard InChI is InChI=1S/C16H15FN2O/c17-11-4-3-5-12(10-11)19-16(20)14-8-9-18-15-7-2-1-6-13(14)15/h1-7,10,14,18H,8-9H2,(H,19,20). The number of rotatable bonds is 2. The number of halogens is 1. The van der Waals surface area contributed by atoms with E-state index >= 15 is 0 Å². The number of amides is 1. The van der Waals surface area contributed by atoms with E-state index in [9.17, 15) is 9.18 Å². The molecule has 0 spiro atoms. The number of anilines is 2. The fourth-order valence-corrected chi connectivity index (χ4v) is 2.54. The molecule has 3 rings (SSSR count). The third-order valence-corrected chi connectivity index (χ3v) is 3.49. The Bertz CT molecular complexity index is 642. The van der Waals surface area contributed by atoms with E-state index in [1.807, 2.05) is 24.3 Å². The lowest BCUT2D eigenvalue weighted by atomic mass is 9.90. The van der Waals surface area contributed by atoms with Gasteiger partial charge in [0.2, 0.25) is 5.91 Å². The van der Waals surface area contributed by atoms with Gasteiger partial charge in [-0.1, -0.05) is 24.3 Å². The molecule has 4 heteroatoms. The highest BCUT2D eigenvalue weighted by Gasteiger charge is 2.26. The Morgan fingerprint density at radius 1 is 1.20 bits per heavy atom. The fraction of sp³-hybridized carbons (Fsp3) is 0.188. The van der Waals surface area contributed by atoms with Gasteiger partial charge in [0, 0.05) is 17.9 Å². The van der Waals surface area contributed by atoms with Gasteiger partial charge in [-0.3, -0.25) is 4.79 Å². The second-order valence-corrected chi connectivity index (χ2v) is 4.85. The van der Waals surface area contributed by atoms with Crippen LogP contribution in [0.4, 0.5) is 15.8 Å². The van der Waals surface area contributed by atoms with Crippen molar-refractivity contribution in [1.29, 1.82) is 0 Å². The average molecular weight is 270 g/mol. The number of benzene rings is 2. The van der Waals surface area contributed by atoms with E-state index in [1.54, 1.807) is 12.1 Å². The predicted octanol–water partition coefficient (Wildman–Crippen LogP) is 3.36. The van der Waals surface area contributed by atoms with Crippen molar-refractivity contribution in [2.24, 2.45) is 0 Å². The Kier molecular flexibility index (Phi) is 3.37. The zero-order valence-corrected chi connectivity index (χ0v) is 10.9. The smallest absolute Gasteiger partial charge is 0.232 e. The van der Waals surface area contributed by atoms with Crippen molar-refractivity contribution in [3.63, 3.8) is 0 Å². The molecular weight excluding hydrogens is 255 g/mol. The van der Waals surface area contributed by atoms with Crippen LogP contribution < -0.4 is 10.6 Å². The van der Waals surface area contributed by atoms with Gasteiger partial charge in [-0.25, -0.2) is 4.39 Å². The number of carbonyl (C=O) groups is 1. The van der Waals surface area contributed by atoms with Crippen molar-refractivity contribution in [3.05, 3.63) is 59.9 Å². The van der Waals surface area contributed by atoms with E-state index in [4.69, 9.17) is 0 Å². The van der Waals surface area contributed by atoms with E-state index < -0.39 is 0 Å². The zero-order valence-electron chi connectivity index (χ0n) is 10.9. The third kappa shape index (κ3) is 2.50. The van der Waals surface area contributed by atoms with Gasteiger partial charge < -0.3 is 10.6 Å². The van der Waals surface area contributed by atoms with E-state index in [0.29, 0.717) is 5.69 Å². The number of fused-ring (bicyclic) bond motifs is 1. The molecule has 2 aromatic rings. The highest BCUT2D eigenvalue weighted by atomic mass is 19.1. The largest absolute Gasteiger partial charge is 0.385 e. The summed E-state index contributed by atoms with van der Waals surface area (Å²) in [6.45, 7) is 0.762. The van der Waals surface area contributed by atoms with Crippen LogP contribution in [0.5, 0.6) is 0 Å². The van der Waals surface area contributed by atoms with Crippen LogP contribution in [0, 0.1) is 5.82 Å². The molecule has 0 saturated heterocycles. The predicted molar refractivity (Wildman–Crippen MR) is 77.3 cm³/mol. The number of nitrogens with one attached hydrogen (secondary N) is 2. The molecule has 2 N–H and O–H groups in total. The Morgan fingerprint density at radius 2 is 2.05 bits per heavy atom. The molecule has 102 valence electrons. The topological polar surface area (TPSA) is 41.1 Å². The van der Waals surface area contributed by atoms with E-state index in [0.717, 1.165) is 24.2 Å². The van der Waals surface area contributed by atoms with Crippen LogP contribution in [0.25, 0.3) is 0 Å². The van der Waals surface area contributed by atoms with Crippen molar-refractivity contribution in [2.45, 2.75) is 12.3 Å². The average Bonchev–Trinajstić information content (AvgIpc) is 2.46. The molecule has 1 unspecified atom stereocenters. The molecule has 0 saturated carbocycles. The van der Waals surface area contributed by atoms with Gasteiger partial charge in [0.25, 0.3) is 0 Å². The summed E-state index contributed by atoms with van der Waals surface area (Å²) in [4.78, 5) is 12.4. The molecular formula is C16H15FN2O. The minimum Gasteiger partial charge on any atom is -0.385 e. The molecule has 1 aliphatic heterocycles. The lowest BCUT2D eigenvalue weighted by molar-refractivity contribution is -0.117. The van der Waals surface area contributed by atoms with Gasteiger partial charge >= 0.3 is 0 Å². The quantitative estimate of drug-likeness (QED) is 0.878. The zero-order chi connectivity index (χ0) is 13.9. The van der Waals surface area contributed by atoms with Gasteiger partial charge in [-0.15, -0.1) is 0 Å². The number of carbonyl (C=O) groups excluding carboxylic acids is 1. The second-order valence-electron chi connectivity index (χ2n) is 4.85. The van der Waals surface area contributed by atoms with Gasteiger partial charge in [0.05, 0.1) is 5.92 Å². The highest BCUT2D eigenvalue weighted by Crippen LogP contribution is 2.32. The molecule has 1 amide bonds.